The van der Waals surface area contributed by atoms with Gasteiger partial charge >= 0.3 is 5.97 Å². The SMILES string of the molecule is O=C(O)C(F)=C1c2c(cnn2Cc2ccc(Cl)cc2Cl)CCC1F. The van der Waals surface area contributed by atoms with Crippen LogP contribution < -0.4 is 0 Å². The van der Waals surface area contributed by atoms with Crippen molar-refractivity contribution in [3.63, 3.8) is 0 Å². The lowest BCUT2D eigenvalue weighted by molar-refractivity contribution is -0.134. The van der Waals surface area contributed by atoms with E-state index >= 15 is 0 Å². The summed E-state index contributed by atoms with van der Waals surface area (Å²) in [6, 6.07) is 4.89. The Bertz CT molecular complexity index is 849. The van der Waals surface area contributed by atoms with E-state index < -0.39 is 23.5 Å². The molecule has 0 spiro atoms. The van der Waals surface area contributed by atoms with Gasteiger partial charge in [-0.1, -0.05) is 29.3 Å². The molecule has 0 fully saturated rings. The Morgan fingerprint density at radius 3 is 2.83 bits per heavy atom. The summed E-state index contributed by atoms with van der Waals surface area (Å²) in [4.78, 5) is 11.0. The maximum Gasteiger partial charge on any atom is 0.365 e. The van der Waals surface area contributed by atoms with Gasteiger partial charge in [0, 0.05) is 10.0 Å². The van der Waals surface area contributed by atoms with Crippen LogP contribution in [0.1, 0.15) is 23.2 Å². The van der Waals surface area contributed by atoms with Gasteiger partial charge < -0.3 is 5.11 Å². The number of hydrogen-bond acceptors (Lipinski definition) is 2. The second-order valence-corrected chi connectivity index (χ2v) is 6.29. The molecular formula is C16H12Cl2F2N2O2. The standard InChI is InChI=1S/C16H12Cl2F2N2O2/c17-10-3-1-9(11(18)5-10)7-22-15-8(6-21-22)2-4-12(19)13(15)14(20)16(23)24/h1,3,5-6,12H,2,4,7H2,(H,23,24). The molecule has 1 N–H and O–H groups in total. The van der Waals surface area contributed by atoms with Crippen molar-refractivity contribution in [1.82, 2.24) is 9.78 Å². The van der Waals surface area contributed by atoms with Gasteiger partial charge in [0.2, 0.25) is 5.83 Å². The molecule has 1 atom stereocenters. The van der Waals surface area contributed by atoms with Crippen molar-refractivity contribution in [2.45, 2.75) is 25.6 Å². The first-order valence-electron chi connectivity index (χ1n) is 7.14. The number of hydrogen-bond donors (Lipinski definition) is 1. The van der Waals surface area contributed by atoms with Crippen molar-refractivity contribution in [3.8, 4) is 0 Å². The molecule has 1 aliphatic rings. The summed E-state index contributed by atoms with van der Waals surface area (Å²) in [7, 11) is 0. The molecule has 0 amide bonds. The predicted octanol–water partition coefficient (Wildman–Crippen LogP) is 4.29. The summed E-state index contributed by atoms with van der Waals surface area (Å²) in [6.45, 7) is 0.147. The van der Waals surface area contributed by atoms with Crippen LogP contribution in [0.5, 0.6) is 0 Å². The van der Waals surface area contributed by atoms with Crippen molar-refractivity contribution < 1.29 is 18.7 Å². The van der Waals surface area contributed by atoms with Crippen LogP contribution in [-0.2, 0) is 17.8 Å². The molecule has 0 saturated heterocycles. The molecule has 0 bridgehead atoms. The van der Waals surface area contributed by atoms with Gasteiger partial charge in [-0.05, 0) is 36.1 Å². The van der Waals surface area contributed by atoms with Gasteiger partial charge in [-0.3, -0.25) is 4.68 Å². The normalized spacial score (nSPS) is 19.1. The van der Waals surface area contributed by atoms with Gasteiger partial charge in [0.05, 0.1) is 24.0 Å². The summed E-state index contributed by atoms with van der Waals surface area (Å²) in [5.41, 5.74) is 0.967. The van der Waals surface area contributed by atoms with Crippen LogP contribution in [0.4, 0.5) is 8.78 Å². The van der Waals surface area contributed by atoms with Crippen molar-refractivity contribution in [2.75, 3.05) is 0 Å². The summed E-state index contributed by atoms with van der Waals surface area (Å²) in [5, 5.41) is 13.9. The van der Waals surface area contributed by atoms with Crippen molar-refractivity contribution in [3.05, 3.63) is 57.1 Å². The number of aryl methyl sites for hydroxylation is 1. The Balaban J connectivity index is 2.08. The molecule has 8 heteroatoms. The number of rotatable bonds is 3. The molecule has 126 valence electrons. The number of carbonyl (C=O) groups is 1. The molecule has 1 heterocycles. The first-order chi connectivity index (χ1) is 11.4. The summed E-state index contributed by atoms with van der Waals surface area (Å²) in [5.74, 6) is -3.29. The van der Waals surface area contributed by atoms with E-state index in [1.807, 2.05) is 0 Å². The van der Waals surface area contributed by atoms with Crippen LogP contribution in [0, 0.1) is 0 Å². The van der Waals surface area contributed by atoms with Crippen LogP contribution in [-0.4, -0.2) is 27.0 Å². The van der Waals surface area contributed by atoms with Crippen molar-refractivity contribution in [2.24, 2.45) is 0 Å². The molecule has 0 saturated carbocycles. The lowest BCUT2D eigenvalue weighted by atomic mass is 9.90. The van der Waals surface area contributed by atoms with Crippen LogP contribution in [0.25, 0.3) is 5.57 Å². The predicted molar refractivity (Wildman–Crippen MR) is 86.7 cm³/mol. The summed E-state index contributed by atoms with van der Waals surface area (Å²) < 4.78 is 29.6. The number of alkyl halides is 1. The van der Waals surface area contributed by atoms with Gasteiger partial charge in [0.15, 0.2) is 0 Å². The zero-order valence-electron chi connectivity index (χ0n) is 12.3. The lowest BCUT2D eigenvalue weighted by Crippen LogP contribution is -2.20. The number of benzene rings is 1. The third-order valence-corrected chi connectivity index (χ3v) is 4.50. The molecule has 1 aromatic heterocycles. The van der Waals surface area contributed by atoms with E-state index in [-0.39, 0.29) is 18.7 Å². The van der Waals surface area contributed by atoms with Crippen LogP contribution in [0.15, 0.2) is 30.2 Å². The Labute approximate surface area is 146 Å². The Morgan fingerprint density at radius 2 is 2.17 bits per heavy atom. The van der Waals surface area contributed by atoms with E-state index in [4.69, 9.17) is 28.3 Å². The minimum Gasteiger partial charge on any atom is -0.476 e. The van der Waals surface area contributed by atoms with Crippen LogP contribution >= 0.6 is 23.2 Å². The zero-order chi connectivity index (χ0) is 17.4. The van der Waals surface area contributed by atoms with E-state index in [1.165, 1.54) is 10.9 Å². The Kier molecular flexibility index (Phi) is 4.60. The molecule has 1 aliphatic carbocycles. The first-order valence-corrected chi connectivity index (χ1v) is 7.90. The third-order valence-electron chi connectivity index (χ3n) is 3.91. The molecule has 0 aliphatic heterocycles. The summed E-state index contributed by atoms with van der Waals surface area (Å²) >= 11 is 12.0. The monoisotopic (exact) mass is 372 g/mol. The molecular weight excluding hydrogens is 361 g/mol. The minimum absolute atomic E-state index is 0.0242. The van der Waals surface area contributed by atoms with Crippen LogP contribution in [0.3, 0.4) is 0 Å². The molecule has 2 aromatic rings. The minimum atomic E-state index is -1.79. The van der Waals surface area contributed by atoms with Crippen molar-refractivity contribution >= 4 is 34.7 Å². The van der Waals surface area contributed by atoms with Gasteiger partial charge in [-0.2, -0.15) is 9.49 Å². The number of nitrogens with zero attached hydrogens (tertiary/aromatic N) is 2. The maximum atomic E-state index is 14.2. The molecule has 1 unspecified atom stereocenters. The number of aromatic nitrogens is 2. The van der Waals surface area contributed by atoms with E-state index in [9.17, 15) is 13.6 Å². The molecule has 24 heavy (non-hydrogen) atoms. The highest BCUT2D eigenvalue weighted by atomic mass is 35.5. The average molecular weight is 373 g/mol. The number of halogens is 4. The molecule has 3 rings (SSSR count). The number of aliphatic carboxylic acids is 1. The highest BCUT2D eigenvalue weighted by molar-refractivity contribution is 6.35. The Hall–Kier alpha value is -1.92. The maximum absolute atomic E-state index is 14.2. The number of fused-ring (bicyclic) bond motifs is 1. The lowest BCUT2D eigenvalue weighted by Gasteiger charge is -2.21. The Morgan fingerprint density at radius 1 is 1.42 bits per heavy atom. The largest absolute Gasteiger partial charge is 0.476 e. The van der Waals surface area contributed by atoms with E-state index in [0.29, 0.717) is 27.6 Å². The quantitative estimate of drug-likeness (QED) is 0.817. The number of carboxylic acid groups (broad SMARTS) is 1. The molecule has 0 radical (unpaired) electrons. The fourth-order valence-corrected chi connectivity index (χ4v) is 3.25. The van der Waals surface area contributed by atoms with E-state index in [2.05, 4.69) is 5.10 Å². The molecule has 1 aromatic carbocycles. The van der Waals surface area contributed by atoms with E-state index in [0.717, 1.165) is 0 Å². The number of allylic oxidation sites excluding steroid dienone is 1. The van der Waals surface area contributed by atoms with Gasteiger partial charge in [0.25, 0.3) is 0 Å². The highest BCUT2D eigenvalue weighted by Gasteiger charge is 2.33. The second kappa shape index (κ2) is 6.53. The second-order valence-electron chi connectivity index (χ2n) is 5.45. The molecule has 4 nitrogen and oxygen atoms in total. The smallest absolute Gasteiger partial charge is 0.365 e. The van der Waals surface area contributed by atoms with E-state index in [1.54, 1.807) is 18.2 Å². The van der Waals surface area contributed by atoms with Crippen molar-refractivity contribution in [1.29, 1.82) is 0 Å². The van der Waals surface area contributed by atoms with Gasteiger partial charge in [-0.25, -0.2) is 9.18 Å². The summed E-state index contributed by atoms with van der Waals surface area (Å²) in [6.07, 6.45) is 0.197. The fraction of sp³-hybridized carbons (Fsp3) is 0.250. The van der Waals surface area contributed by atoms with Gasteiger partial charge in [-0.15, -0.1) is 0 Å². The average Bonchev–Trinajstić information content (AvgIpc) is 2.92. The van der Waals surface area contributed by atoms with Crippen LogP contribution in [0.2, 0.25) is 10.0 Å². The van der Waals surface area contributed by atoms with Gasteiger partial charge in [0.1, 0.15) is 6.17 Å². The number of carboxylic acids is 1. The zero-order valence-corrected chi connectivity index (χ0v) is 13.8. The fourth-order valence-electron chi connectivity index (χ4n) is 2.78. The topological polar surface area (TPSA) is 55.1 Å². The highest BCUT2D eigenvalue weighted by Crippen LogP contribution is 2.36. The first kappa shape index (κ1) is 16.9. The third kappa shape index (κ3) is 3.03.